The van der Waals surface area contributed by atoms with Crippen LogP contribution in [0.1, 0.15) is 128 Å². The molecular formula is C96H135ClF3N19O17. The van der Waals surface area contributed by atoms with Crippen LogP contribution in [-0.4, -0.2) is 278 Å². The first-order valence-electron chi connectivity index (χ1n) is 46.3. The van der Waals surface area contributed by atoms with E-state index in [4.69, 9.17) is 69.2 Å². The number of methoxy groups -OCH3 is 5. The number of rotatable bonds is 31. The van der Waals surface area contributed by atoms with Crippen LogP contribution in [0.15, 0.2) is 86.0 Å². The maximum absolute atomic E-state index is 13.7. The number of carbonyl (C=O) groups excluding carboxylic acids is 4. The summed E-state index contributed by atoms with van der Waals surface area (Å²) in [7, 11) is 14.9. The molecule has 4 aliphatic heterocycles. The molecule has 0 radical (unpaired) electrons. The molecule has 3 aromatic carbocycles. The van der Waals surface area contributed by atoms with E-state index >= 15 is 0 Å². The van der Waals surface area contributed by atoms with E-state index in [-0.39, 0.29) is 100 Å². The summed E-state index contributed by atoms with van der Waals surface area (Å²) in [5, 5.41) is 13.2. The molecule has 12 rings (SSSR count). The van der Waals surface area contributed by atoms with E-state index in [1.807, 2.05) is 166 Å². The van der Waals surface area contributed by atoms with Gasteiger partial charge in [-0.1, -0.05) is 39.3 Å². The molecule has 9 heterocycles. The third-order valence-electron chi connectivity index (χ3n) is 24.2. The molecule has 4 aliphatic rings. The number of halogens is 4. The van der Waals surface area contributed by atoms with Gasteiger partial charge >= 0.3 is 30.5 Å². The number of carbonyl (C=O) groups is 4. The number of aryl methyl sites for hydroxylation is 7. The molecule has 4 N–H and O–H groups in total. The number of hydrogen-bond donors (Lipinski definition) is 4. The second kappa shape index (κ2) is 49.1. The fourth-order valence-corrected chi connectivity index (χ4v) is 17.4. The lowest BCUT2D eigenvalue weighted by molar-refractivity contribution is -0.137. The summed E-state index contributed by atoms with van der Waals surface area (Å²) in [4.78, 5) is 137. The molecule has 5 aromatic heterocycles. The number of anilines is 6. The van der Waals surface area contributed by atoms with Crippen molar-refractivity contribution in [1.29, 1.82) is 0 Å². The molecule has 4 amide bonds. The Hall–Kier alpha value is -12.1. The van der Waals surface area contributed by atoms with Crippen molar-refractivity contribution < 1.29 is 75.0 Å². The smallest absolute Gasteiger partial charge is 0.416 e. The van der Waals surface area contributed by atoms with Gasteiger partial charge in [-0.2, -0.15) is 13.2 Å². The molecule has 4 unspecified atom stereocenters. The van der Waals surface area contributed by atoms with Crippen molar-refractivity contribution >= 4 is 70.2 Å². The minimum atomic E-state index is -4.54. The minimum Gasteiger partial charge on any atom is -0.497 e. The molecule has 0 bridgehead atoms. The van der Waals surface area contributed by atoms with Gasteiger partial charge in [0.15, 0.2) is 0 Å². The zero-order valence-corrected chi connectivity index (χ0v) is 83.5. The van der Waals surface area contributed by atoms with E-state index < -0.39 is 41.7 Å². The van der Waals surface area contributed by atoms with Crippen molar-refractivity contribution in [3.8, 4) is 51.3 Å². The lowest BCUT2D eigenvalue weighted by Crippen LogP contribution is -2.38. The lowest BCUT2D eigenvalue weighted by atomic mass is 10.1. The summed E-state index contributed by atoms with van der Waals surface area (Å²) in [6.07, 6.45) is -3.48. The van der Waals surface area contributed by atoms with Crippen LogP contribution in [0, 0.1) is 20.8 Å². The molecule has 8 aromatic rings. The van der Waals surface area contributed by atoms with Crippen molar-refractivity contribution in [3.05, 3.63) is 158 Å². The summed E-state index contributed by atoms with van der Waals surface area (Å²) < 4.78 is 93.8. The normalized spacial score (nSPS) is 17.8. The van der Waals surface area contributed by atoms with Crippen molar-refractivity contribution in [3.63, 3.8) is 0 Å². The number of nitrogens with zero attached hydrogens (tertiary/aromatic N) is 15. The van der Waals surface area contributed by atoms with Crippen LogP contribution < -0.4 is 58.0 Å². The Morgan fingerprint density at radius 3 is 0.963 bits per heavy atom. The Labute approximate surface area is 797 Å². The van der Waals surface area contributed by atoms with Crippen LogP contribution in [-0.2, 0) is 95.9 Å². The van der Waals surface area contributed by atoms with E-state index in [0.29, 0.717) is 175 Å². The molecular weight excluding hydrogens is 1780 g/mol. The molecule has 136 heavy (non-hydrogen) atoms. The first-order valence-corrected chi connectivity index (χ1v) is 46.6. The minimum absolute atomic E-state index is 0.118. The SMILES string of the molecule is CCO[C@H]1CN(C(=O)OC)CC1Nc1c(CC)nc(-c2ccc(C(F)(F)F)cc2Cl)n(CC)c1=O.CCO[C@H]1CN(C(=O)OC)CC1Nc1c(CC)nc(-c2ccc(N(C)C)cc2C)n(CC)c1=O.CCO[C@H]1CN(C(=O)OC)CC1Nc1c(CC)nc(-c2ccc(OC)cc2C)n(CC)c1=O.CCO[C@H]1CN(C(=O)OC)CC1Nc1c(CC)nc(-c2cnc(N(C)C)cc2C)n(CC)c1=O. The number of pyridine rings is 1. The van der Waals surface area contributed by atoms with Crippen molar-refractivity contribution in [2.24, 2.45) is 0 Å². The highest BCUT2D eigenvalue weighted by atomic mass is 35.5. The predicted octanol–water partition coefficient (Wildman–Crippen LogP) is 13.2. The Morgan fingerprint density at radius 2 is 0.706 bits per heavy atom. The number of ether oxygens (including phenoxy) is 9. The highest BCUT2D eigenvalue weighted by Crippen LogP contribution is 2.38. The quantitative estimate of drug-likeness (QED) is 0.0293. The van der Waals surface area contributed by atoms with Gasteiger partial charge in [-0.05, 0) is 179 Å². The first kappa shape index (κ1) is 108. The monoisotopic (exact) mass is 1920 g/mol. The van der Waals surface area contributed by atoms with Crippen LogP contribution in [0.5, 0.6) is 5.75 Å². The van der Waals surface area contributed by atoms with Gasteiger partial charge in [0.2, 0.25) is 0 Å². The molecule has 4 saturated heterocycles. The van der Waals surface area contributed by atoms with Gasteiger partial charge < -0.3 is 93.3 Å². The summed E-state index contributed by atoms with van der Waals surface area (Å²) in [6, 6.07) is 15.7. The van der Waals surface area contributed by atoms with Crippen LogP contribution in [0.25, 0.3) is 45.6 Å². The summed E-state index contributed by atoms with van der Waals surface area (Å²) in [5.74, 6) is 3.69. The summed E-state index contributed by atoms with van der Waals surface area (Å²) in [5.41, 5.74) is 9.45. The molecule has 744 valence electrons. The molecule has 0 aliphatic carbocycles. The Balaban J connectivity index is 0.000000203. The lowest BCUT2D eigenvalue weighted by Gasteiger charge is -2.23. The first-order chi connectivity index (χ1) is 64.9. The standard InChI is InChI=1S/C25H37N5O4.C24H36N6O4.C24H34N4O5.C23H28ClF3N4O4/c1-8-19-22(26-20-14-29(25(32)33-7)15-21(20)34-10-3)24(31)30(9-2)23(27-19)18-12-11-17(28(5)6)13-16(18)4;1-8-17-21(26-18-13-29(24(32)33-7)14-19(18)34-10-3)23(31)30(9-2)22(27-17)16-12-25-20(28(5)6)11-15(16)4;1-7-18-21(25-19-13-27(24(30)32-6)14-20(19)33-9-3)23(29)28(8-2)22(26-18)17-11-10-16(31-5)12-15(17)4;1-5-16-19(28-17-11-30(22(33)34-4)12-18(17)35-7-3)21(32)31(6-2)20(29-16)14-9-8-13(10-15(14)24)23(25,26)27/h11-13,20-21,26H,8-10,14-15H2,1-7H3;11-12,18-19,26H,8-10,13-14H2,1-7H3;10-12,19-20,25H,7-9,13-14H2,1-6H3;8-10,17-18,28H,5-7,11-12H2,1-4H3/t20?,21-;18?,19-;19?,20-;17?,18-/m0000/s1. The third-order valence-corrected chi connectivity index (χ3v) is 24.5. The molecule has 0 spiro atoms. The second-order valence-corrected chi connectivity index (χ2v) is 33.5. The van der Waals surface area contributed by atoms with E-state index in [0.717, 1.165) is 62.8 Å². The van der Waals surface area contributed by atoms with Gasteiger partial charge in [-0.3, -0.25) is 37.4 Å². The van der Waals surface area contributed by atoms with E-state index in [1.165, 1.54) is 44.0 Å². The zero-order chi connectivity index (χ0) is 100. The molecule has 8 atom stereocenters. The molecule has 0 saturated carbocycles. The highest BCUT2D eigenvalue weighted by molar-refractivity contribution is 6.33. The van der Waals surface area contributed by atoms with Gasteiger partial charge in [0.1, 0.15) is 57.6 Å². The Bertz CT molecular complexity index is 5570. The van der Waals surface area contributed by atoms with E-state index in [2.05, 4.69) is 42.2 Å². The van der Waals surface area contributed by atoms with Crippen LogP contribution in [0.3, 0.4) is 0 Å². The van der Waals surface area contributed by atoms with Crippen LogP contribution in [0.4, 0.5) is 66.6 Å². The van der Waals surface area contributed by atoms with E-state index in [9.17, 15) is 51.5 Å². The van der Waals surface area contributed by atoms with Crippen molar-refractivity contribution in [2.75, 3.05) is 174 Å². The number of alkyl halides is 3. The third kappa shape index (κ3) is 24.8. The Kier molecular flexibility index (Phi) is 38.8. The fourth-order valence-electron chi connectivity index (χ4n) is 17.1. The van der Waals surface area contributed by atoms with Gasteiger partial charge in [0.25, 0.3) is 22.2 Å². The van der Waals surface area contributed by atoms with E-state index in [1.54, 1.807) is 48.6 Å². The summed E-state index contributed by atoms with van der Waals surface area (Å²) in [6.45, 7) is 35.4. The molecule has 36 nitrogen and oxygen atoms in total. The predicted molar refractivity (Wildman–Crippen MR) is 520 cm³/mol. The number of amides is 4. The van der Waals surface area contributed by atoms with Gasteiger partial charge in [-0.25, -0.2) is 44.1 Å². The maximum atomic E-state index is 13.7. The zero-order valence-electron chi connectivity index (χ0n) is 82.8. The van der Waals surface area contributed by atoms with Gasteiger partial charge in [0, 0.05) is 141 Å². The number of aromatic nitrogens is 9. The number of nitrogens with one attached hydrogen (secondary N) is 4. The van der Waals surface area contributed by atoms with Gasteiger partial charge in [0.05, 0.1) is 144 Å². The number of hydrogen-bond acceptors (Lipinski definition) is 28. The maximum Gasteiger partial charge on any atom is 0.416 e. The van der Waals surface area contributed by atoms with Crippen molar-refractivity contribution in [1.82, 2.24) is 62.8 Å². The van der Waals surface area contributed by atoms with Gasteiger partial charge in [-0.15, -0.1) is 0 Å². The summed E-state index contributed by atoms with van der Waals surface area (Å²) >= 11 is 6.20. The average Bonchev–Trinajstić information content (AvgIpc) is 1.24. The molecule has 40 heteroatoms. The number of likely N-dealkylation sites (tertiary alicyclic amines) is 4. The second-order valence-electron chi connectivity index (χ2n) is 33.1. The van der Waals surface area contributed by atoms with Crippen molar-refractivity contribution in [2.45, 2.75) is 210 Å². The number of benzene rings is 3. The molecule has 4 fully saturated rings. The topological polar surface area (TPSA) is 371 Å². The largest absolute Gasteiger partial charge is 0.497 e. The average molecular weight is 1920 g/mol. The van der Waals surface area contributed by atoms with Crippen LogP contribution >= 0.6 is 11.6 Å². The Morgan fingerprint density at radius 1 is 0.404 bits per heavy atom. The van der Waals surface area contributed by atoms with Crippen LogP contribution in [0.2, 0.25) is 5.02 Å². The highest BCUT2D eigenvalue weighted by Gasteiger charge is 2.43. The fraction of sp³-hybridized carbons (Fsp3) is 0.552.